The Kier molecular flexibility index (Phi) is 6.75. The molecule has 1 fully saturated rings. The summed E-state index contributed by atoms with van der Waals surface area (Å²) in [7, 11) is -3.22. The van der Waals surface area contributed by atoms with Crippen LogP contribution in [0.5, 0.6) is 0 Å². The molecule has 1 saturated heterocycles. The van der Waals surface area contributed by atoms with Crippen molar-refractivity contribution in [3.05, 3.63) is 40.4 Å². The minimum absolute atomic E-state index is 0.0249. The van der Waals surface area contributed by atoms with Gasteiger partial charge in [0, 0.05) is 36.6 Å². The molecule has 3 rings (SSSR count). The molecule has 0 aliphatic carbocycles. The largest absolute Gasteiger partial charge is 0.342 e. The maximum absolute atomic E-state index is 12.7. The summed E-state index contributed by atoms with van der Waals surface area (Å²) in [5, 5.41) is 3.34. The zero-order valence-electron chi connectivity index (χ0n) is 16.0. The van der Waals surface area contributed by atoms with Crippen molar-refractivity contribution in [2.75, 3.05) is 25.9 Å². The topological polar surface area (TPSA) is 70.6 Å². The number of piperidine rings is 1. The third kappa shape index (κ3) is 4.92. The van der Waals surface area contributed by atoms with E-state index in [0.29, 0.717) is 37.5 Å². The van der Waals surface area contributed by atoms with Crippen LogP contribution in [0.15, 0.2) is 29.6 Å². The number of hydrogen-bond acceptors (Lipinski definition) is 5. The van der Waals surface area contributed by atoms with Crippen molar-refractivity contribution in [3.8, 4) is 10.6 Å². The molecule has 1 aliphatic heterocycles. The minimum Gasteiger partial charge on any atom is -0.342 e. The Labute approximate surface area is 175 Å². The second-order valence-electron chi connectivity index (χ2n) is 6.88. The van der Waals surface area contributed by atoms with Gasteiger partial charge in [-0.1, -0.05) is 36.7 Å². The van der Waals surface area contributed by atoms with Gasteiger partial charge < -0.3 is 4.90 Å². The van der Waals surface area contributed by atoms with E-state index in [-0.39, 0.29) is 18.4 Å². The van der Waals surface area contributed by atoms with Crippen molar-refractivity contribution in [1.29, 1.82) is 0 Å². The van der Waals surface area contributed by atoms with Gasteiger partial charge in [0.25, 0.3) is 0 Å². The van der Waals surface area contributed by atoms with Crippen molar-refractivity contribution < 1.29 is 13.2 Å². The molecule has 6 nitrogen and oxygen atoms in total. The first-order valence-electron chi connectivity index (χ1n) is 9.23. The van der Waals surface area contributed by atoms with E-state index in [1.54, 1.807) is 4.90 Å². The molecule has 1 aromatic carbocycles. The summed E-state index contributed by atoms with van der Waals surface area (Å²) in [4.78, 5) is 19.0. The zero-order valence-corrected chi connectivity index (χ0v) is 18.4. The second kappa shape index (κ2) is 8.90. The van der Waals surface area contributed by atoms with Gasteiger partial charge >= 0.3 is 0 Å². The molecule has 0 atom stereocenters. The highest BCUT2D eigenvalue weighted by Crippen LogP contribution is 2.30. The summed E-state index contributed by atoms with van der Waals surface area (Å²) >= 11 is 7.70. The molecule has 2 aromatic rings. The molecule has 1 amide bonds. The average Bonchev–Trinajstić information content (AvgIpc) is 3.10. The fourth-order valence-corrected chi connectivity index (χ4v) is 5.94. The number of thiazole rings is 1. The van der Waals surface area contributed by atoms with E-state index in [0.717, 1.165) is 16.3 Å². The Hall–Kier alpha value is -1.48. The number of carbonyl (C=O) groups is 1. The maximum Gasteiger partial charge on any atom is 0.228 e. The molecule has 0 N–H and O–H groups in total. The molecule has 0 radical (unpaired) electrons. The lowest BCUT2D eigenvalue weighted by Gasteiger charge is -2.36. The number of nitrogens with zero attached hydrogens (tertiary/aromatic N) is 3. The van der Waals surface area contributed by atoms with Crippen molar-refractivity contribution in [2.45, 2.75) is 32.2 Å². The highest BCUT2D eigenvalue weighted by molar-refractivity contribution is 7.88. The smallest absolute Gasteiger partial charge is 0.228 e. The van der Waals surface area contributed by atoms with E-state index in [9.17, 15) is 13.2 Å². The van der Waals surface area contributed by atoms with Gasteiger partial charge in [-0.05, 0) is 18.9 Å². The standard InChI is InChI=1S/C19H24ClN3O3S2/c1-3-23(28(2,25)26)15-8-10-22(11-9-15)18(24)12-14-13-27-19(21-14)16-6-4-5-7-17(16)20/h4-7,13,15H,3,8-12H2,1-2H3. The number of likely N-dealkylation sites (tertiary alicyclic amines) is 1. The lowest BCUT2D eigenvalue weighted by molar-refractivity contribution is -0.131. The number of rotatable bonds is 6. The van der Waals surface area contributed by atoms with E-state index < -0.39 is 10.0 Å². The number of sulfonamides is 1. The van der Waals surface area contributed by atoms with Crippen molar-refractivity contribution in [1.82, 2.24) is 14.2 Å². The monoisotopic (exact) mass is 441 g/mol. The van der Waals surface area contributed by atoms with Crippen LogP contribution in [0.3, 0.4) is 0 Å². The van der Waals surface area contributed by atoms with Crippen LogP contribution in [0.25, 0.3) is 10.6 Å². The highest BCUT2D eigenvalue weighted by atomic mass is 35.5. The molecular formula is C19H24ClN3O3S2. The Morgan fingerprint density at radius 2 is 2.00 bits per heavy atom. The van der Waals surface area contributed by atoms with Crippen LogP contribution in [0.2, 0.25) is 5.02 Å². The first kappa shape index (κ1) is 21.2. The summed E-state index contributed by atoms with van der Waals surface area (Å²) in [5.74, 6) is 0.0249. The van der Waals surface area contributed by atoms with Gasteiger partial charge in [-0.3, -0.25) is 4.79 Å². The fourth-order valence-electron chi connectivity index (χ4n) is 3.58. The van der Waals surface area contributed by atoms with Gasteiger partial charge in [0.15, 0.2) is 0 Å². The third-order valence-corrected chi connectivity index (χ3v) is 7.61. The number of aromatic nitrogens is 1. The van der Waals surface area contributed by atoms with E-state index in [4.69, 9.17) is 11.6 Å². The molecule has 9 heteroatoms. The normalized spacial score (nSPS) is 15.9. The number of hydrogen-bond donors (Lipinski definition) is 0. The molecule has 0 unspecified atom stereocenters. The van der Waals surface area contributed by atoms with E-state index in [1.165, 1.54) is 21.9 Å². The third-order valence-electron chi connectivity index (χ3n) is 4.95. The van der Waals surface area contributed by atoms with Crippen LogP contribution in [-0.4, -0.2) is 60.4 Å². The van der Waals surface area contributed by atoms with Crippen LogP contribution < -0.4 is 0 Å². The molecule has 28 heavy (non-hydrogen) atoms. The maximum atomic E-state index is 12.7. The van der Waals surface area contributed by atoms with Gasteiger partial charge in [0.2, 0.25) is 15.9 Å². The van der Waals surface area contributed by atoms with Crippen molar-refractivity contribution >= 4 is 38.9 Å². The van der Waals surface area contributed by atoms with Gasteiger partial charge in [-0.2, -0.15) is 4.31 Å². The predicted molar refractivity (Wildman–Crippen MR) is 113 cm³/mol. The minimum atomic E-state index is -3.22. The number of carbonyl (C=O) groups excluding carboxylic acids is 1. The van der Waals surface area contributed by atoms with Crippen LogP contribution in [-0.2, 0) is 21.2 Å². The lowest BCUT2D eigenvalue weighted by atomic mass is 10.0. The molecular weight excluding hydrogens is 418 g/mol. The summed E-state index contributed by atoms with van der Waals surface area (Å²) in [6, 6.07) is 7.49. The predicted octanol–water partition coefficient (Wildman–Crippen LogP) is 3.28. The summed E-state index contributed by atoms with van der Waals surface area (Å²) in [6.07, 6.45) is 2.81. The number of amides is 1. The first-order chi connectivity index (χ1) is 13.3. The fraction of sp³-hybridized carbons (Fsp3) is 0.474. The average molecular weight is 442 g/mol. The number of halogens is 1. The summed E-state index contributed by atoms with van der Waals surface area (Å²) < 4.78 is 25.3. The Morgan fingerprint density at radius 3 is 2.61 bits per heavy atom. The van der Waals surface area contributed by atoms with E-state index >= 15 is 0 Å². The molecule has 2 heterocycles. The summed E-state index contributed by atoms with van der Waals surface area (Å²) in [6.45, 7) is 3.44. The highest BCUT2D eigenvalue weighted by Gasteiger charge is 2.30. The van der Waals surface area contributed by atoms with Crippen LogP contribution in [0.4, 0.5) is 0 Å². The van der Waals surface area contributed by atoms with Gasteiger partial charge in [-0.25, -0.2) is 13.4 Å². The van der Waals surface area contributed by atoms with Crippen LogP contribution in [0, 0.1) is 0 Å². The Morgan fingerprint density at radius 1 is 1.32 bits per heavy atom. The SMILES string of the molecule is CCN(C1CCN(C(=O)Cc2csc(-c3ccccc3Cl)n2)CC1)S(C)(=O)=O. The second-order valence-corrected chi connectivity index (χ2v) is 10.1. The zero-order chi connectivity index (χ0) is 20.3. The van der Waals surface area contributed by atoms with Gasteiger partial charge in [0.1, 0.15) is 5.01 Å². The van der Waals surface area contributed by atoms with Gasteiger partial charge in [-0.15, -0.1) is 11.3 Å². The Balaban J connectivity index is 1.59. The van der Waals surface area contributed by atoms with E-state index in [1.807, 2.05) is 36.6 Å². The Bertz CT molecular complexity index is 937. The van der Waals surface area contributed by atoms with Crippen molar-refractivity contribution in [2.24, 2.45) is 0 Å². The molecule has 0 spiro atoms. The van der Waals surface area contributed by atoms with Gasteiger partial charge in [0.05, 0.1) is 23.4 Å². The van der Waals surface area contributed by atoms with E-state index in [2.05, 4.69) is 4.98 Å². The molecule has 0 saturated carbocycles. The van der Waals surface area contributed by atoms with Crippen molar-refractivity contribution in [3.63, 3.8) is 0 Å². The molecule has 1 aliphatic rings. The number of benzene rings is 1. The quantitative estimate of drug-likeness (QED) is 0.689. The lowest BCUT2D eigenvalue weighted by Crippen LogP contribution is -2.48. The molecule has 0 bridgehead atoms. The summed E-state index contributed by atoms with van der Waals surface area (Å²) in [5.41, 5.74) is 1.60. The first-order valence-corrected chi connectivity index (χ1v) is 12.3. The molecule has 1 aromatic heterocycles. The molecule has 152 valence electrons. The van der Waals surface area contributed by atoms with Crippen LogP contribution in [0.1, 0.15) is 25.5 Å². The van der Waals surface area contributed by atoms with Crippen LogP contribution >= 0.6 is 22.9 Å².